The molecular weight excluding hydrogens is 320 g/mol. The summed E-state index contributed by atoms with van der Waals surface area (Å²) in [6.45, 7) is 6.13. The molecule has 0 aliphatic rings. The van der Waals surface area contributed by atoms with Gasteiger partial charge >= 0.3 is 0 Å². The van der Waals surface area contributed by atoms with Crippen molar-refractivity contribution in [3.63, 3.8) is 0 Å². The van der Waals surface area contributed by atoms with Crippen LogP contribution in [-0.4, -0.2) is 9.97 Å². The Labute approximate surface area is 146 Å². The average Bonchev–Trinajstić information content (AvgIpc) is 2.51. The normalized spacial score (nSPS) is 10.5. The van der Waals surface area contributed by atoms with E-state index in [-0.39, 0.29) is 0 Å². The lowest BCUT2D eigenvalue weighted by atomic mass is 10.1. The second-order valence-corrected chi connectivity index (χ2v) is 6.16. The Balaban J connectivity index is 1.87. The molecule has 0 fully saturated rings. The summed E-state index contributed by atoms with van der Waals surface area (Å²) in [6, 6.07) is 15.6. The van der Waals surface area contributed by atoms with Crippen molar-refractivity contribution in [2.24, 2.45) is 0 Å². The van der Waals surface area contributed by atoms with E-state index in [0.29, 0.717) is 11.0 Å². The second-order valence-electron chi connectivity index (χ2n) is 5.73. The Morgan fingerprint density at radius 2 is 1.67 bits per heavy atom. The summed E-state index contributed by atoms with van der Waals surface area (Å²) < 4.78 is 0. The van der Waals surface area contributed by atoms with Crippen LogP contribution in [0.15, 0.2) is 48.5 Å². The van der Waals surface area contributed by atoms with Crippen LogP contribution >= 0.6 is 11.6 Å². The quantitative estimate of drug-likeness (QED) is 0.655. The Morgan fingerprint density at radius 3 is 2.46 bits per heavy atom. The predicted molar refractivity (Wildman–Crippen MR) is 101 cm³/mol. The maximum atomic E-state index is 6.02. The molecule has 122 valence electrons. The van der Waals surface area contributed by atoms with Gasteiger partial charge in [0.25, 0.3) is 0 Å². The second kappa shape index (κ2) is 6.89. The molecule has 0 aliphatic carbocycles. The van der Waals surface area contributed by atoms with Crippen molar-refractivity contribution >= 4 is 34.7 Å². The fourth-order valence-electron chi connectivity index (χ4n) is 2.41. The van der Waals surface area contributed by atoms with Gasteiger partial charge in [-0.3, -0.25) is 0 Å². The molecule has 0 radical (unpaired) electrons. The summed E-state index contributed by atoms with van der Waals surface area (Å²) in [5.74, 6) is 1.28. The zero-order chi connectivity index (χ0) is 17.1. The van der Waals surface area contributed by atoms with E-state index >= 15 is 0 Å². The van der Waals surface area contributed by atoms with E-state index < -0.39 is 0 Å². The van der Waals surface area contributed by atoms with Crippen molar-refractivity contribution in [3.8, 4) is 0 Å². The SMILES string of the molecule is Cc1cc(Nc2cccc(C)c2C)nc(Nc2cccc(Cl)c2)n1. The number of anilines is 4. The number of hydrogen-bond donors (Lipinski definition) is 2. The summed E-state index contributed by atoms with van der Waals surface area (Å²) >= 11 is 6.02. The Bertz CT molecular complexity index is 877. The van der Waals surface area contributed by atoms with Crippen molar-refractivity contribution in [1.82, 2.24) is 9.97 Å². The van der Waals surface area contributed by atoms with Gasteiger partial charge in [-0.25, -0.2) is 4.98 Å². The number of rotatable bonds is 4. The van der Waals surface area contributed by atoms with E-state index in [1.807, 2.05) is 49.4 Å². The number of nitrogens with one attached hydrogen (secondary N) is 2. The summed E-state index contributed by atoms with van der Waals surface area (Å²) in [7, 11) is 0. The first kappa shape index (κ1) is 16.3. The standard InChI is InChI=1S/C19H19ClN4/c1-12-6-4-9-17(14(12)3)23-18-10-13(2)21-19(24-18)22-16-8-5-7-15(20)11-16/h4-11H,1-3H3,(H2,21,22,23,24). The van der Waals surface area contributed by atoms with Gasteiger partial charge < -0.3 is 10.6 Å². The van der Waals surface area contributed by atoms with Crippen LogP contribution in [0, 0.1) is 20.8 Å². The van der Waals surface area contributed by atoms with Crippen molar-refractivity contribution in [1.29, 1.82) is 0 Å². The molecule has 1 heterocycles. The number of nitrogens with zero attached hydrogens (tertiary/aromatic N) is 2. The predicted octanol–water partition coefficient (Wildman–Crippen LogP) is 5.54. The molecule has 3 aromatic rings. The van der Waals surface area contributed by atoms with Gasteiger partial charge in [0.15, 0.2) is 0 Å². The van der Waals surface area contributed by atoms with Crippen LogP contribution in [0.2, 0.25) is 5.02 Å². The van der Waals surface area contributed by atoms with Crippen molar-refractivity contribution in [2.75, 3.05) is 10.6 Å². The minimum absolute atomic E-state index is 0.532. The fourth-order valence-corrected chi connectivity index (χ4v) is 2.60. The molecule has 0 aliphatic heterocycles. The van der Waals surface area contributed by atoms with Crippen LogP contribution in [0.4, 0.5) is 23.1 Å². The lowest BCUT2D eigenvalue weighted by molar-refractivity contribution is 1.11. The molecule has 5 heteroatoms. The molecule has 2 N–H and O–H groups in total. The highest BCUT2D eigenvalue weighted by Gasteiger charge is 2.06. The van der Waals surface area contributed by atoms with Crippen LogP contribution in [0.1, 0.15) is 16.8 Å². The van der Waals surface area contributed by atoms with Gasteiger partial charge in [0.1, 0.15) is 5.82 Å². The molecule has 0 amide bonds. The maximum Gasteiger partial charge on any atom is 0.229 e. The number of halogens is 1. The van der Waals surface area contributed by atoms with Gasteiger partial charge in [0.05, 0.1) is 0 Å². The molecule has 1 aromatic heterocycles. The molecule has 4 nitrogen and oxygen atoms in total. The molecule has 0 spiro atoms. The van der Waals surface area contributed by atoms with E-state index in [1.165, 1.54) is 11.1 Å². The summed E-state index contributed by atoms with van der Waals surface area (Å²) in [4.78, 5) is 8.98. The summed E-state index contributed by atoms with van der Waals surface area (Å²) in [6.07, 6.45) is 0. The Kier molecular flexibility index (Phi) is 4.67. The van der Waals surface area contributed by atoms with Gasteiger partial charge in [-0.2, -0.15) is 4.98 Å². The van der Waals surface area contributed by atoms with Crippen LogP contribution in [0.25, 0.3) is 0 Å². The van der Waals surface area contributed by atoms with Gasteiger partial charge in [0, 0.05) is 28.2 Å². The van der Waals surface area contributed by atoms with Crippen molar-refractivity contribution in [2.45, 2.75) is 20.8 Å². The fraction of sp³-hybridized carbons (Fsp3) is 0.158. The lowest BCUT2D eigenvalue weighted by Gasteiger charge is -2.13. The van der Waals surface area contributed by atoms with E-state index in [2.05, 4.69) is 40.5 Å². The maximum absolute atomic E-state index is 6.02. The van der Waals surface area contributed by atoms with Crippen LogP contribution in [-0.2, 0) is 0 Å². The minimum atomic E-state index is 0.532. The van der Waals surface area contributed by atoms with E-state index in [9.17, 15) is 0 Å². The van der Waals surface area contributed by atoms with Gasteiger partial charge in [-0.1, -0.05) is 29.8 Å². The average molecular weight is 339 g/mol. The zero-order valence-electron chi connectivity index (χ0n) is 13.9. The molecule has 3 rings (SSSR count). The third kappa shape index (κ3) is 3.84. The number of aromatic nitrogens is 2. The molecule has 0 unspecified atom stereocenters. The monoisotopic (exact) mass is 338 g/mol. The van der Waals surface area contributed by atoms with Crippen LogP contribution in [0.3, 0.4) is 0 Å². The van der Waals surface area contributed by atoms with E-state index in [4.69, 9.17) is 11.6 Å². The first-order valence-electron chi connectivity index (χ1n) is 7.73. The van der Waals surface area contributed by atoms with E-state index in [1.54, 1.807) is 0 Å². The van der Waals surface area contributed by atoms with Crippen LogP contribution in [0.5, 0.6) is 0 Å². The number of hydrogen-bond acceptors (Lipinski definition) is 4. The lowest BCUT2D eigenvalue weighted by Crippen LogP contribution is -2.03. The molecule has 24 heavy (non-hydrogen) atoms. The summed E-state index contributed by atoms with van der Waals surface area (Å²) in [5, 5.41) is 7.23. The highest BCUT2D eigenvalue weighted by molar-refractivity contribution is 6.30. The van der Waals surface area contributed by atoms with Crippen molar-refractivity contribution < 1.29 is 0 Å². The third-order valence-corrected chi connectivity index (χ3v) is 4.04. The number of aryl methyl sites for hydroxylation is 2. The minimum Gasteiger partial charge on any atom is -0.340 e. The van der Waals surface area contributed by atoms with Crippen LogP contribution < -0.4 is 10.6 Å². The first-order valence-corrected chi connectivity index (χ1v) is 8.10. The number of benzene rings is 2. The molecule has 0 saturated carbocycles. The Morgan fingerprint density at radius 1 is 0.875 bits per heavy atom. The van der Waals surface area contributed by atoms with Gasteiger partial charge in [0.2, 0.25) is 5.95 Å². The van der Waals surface area contributed by atoms with Crippen molar-refractivity contribution in [3.05, 3.63) is 70.4 Å². The molecule has 2 aromatic carbocycles. The highest BCUT2D eigenvalue weighted by Crippen LogP contribution is 2.24. The third-order valence-electron chi connectivity index (χ3n) is 3.80. The zero-order valence-corrected chi connectivity index (χ0v) is 14.6. The smallest absolute Gasteiger partial charge is 0.229 e. The molecule has 0 atom stereocenters. The molecule has 0 bridgehead atoms. The van der Waals surface area contributed by atoms with E-state index in [0.717, 1.165) is 22.9 Å². The van der Waals surface area contributed by atoms with Gasteiger partial charge in [-0.15, -0.1) is 0 Å². The highest BCUT2D eigenvalue weighted by atomic mass is 35.5. The van der Waals surface area contributed by atoms with Gasteiger partial charge in [-0.05, 0) is 56.2 Å². The first-order chi connectivity index (χ1) is 11.5. The topological polar surface area (TPSA) is 49.8 Å². The Hall–Kier alpha value is -2.59. The molecule has 0 saturated heterocycles. The largest absolute Gasteiger partial charge is 0.340 e. The summed E-state index contributed by atoms with van der Waals surface area (Å²) in [5.41, 5.74) is 5.22. The molecular formula is C19H19ClN4.